The van der Waals surface area contributed by atoms with Crippen molar-refractivity contribution in [2.75, 3.05) is 39.9 Å². The summed E-state index contributed by atoms with van der Waals surface area (Å²) in [5.41, 5.74) is 1.34. The molecule has 0 atom stereocenters. The van der Waals surface area contributed by atoms with Gasteiger partial charge in [0.05, 0.1) is 17.0 Å². The van der Waals surface area contributed by atoms with Crippen molar-refractivity contribution in [2.24, 2.45) is 0 Å². The van der Waals surface area contributed by atoms with Crippen LogP contribution in [0.25, 0.3) is 0 Å². The van der Waals surface area contributed by atoms with Gasteiger partial charge in [-0.05, 0) is 29.1 Å². The predicted octanol–water partition coefficient (Wildman–Crippen LogP) is 2.04. The standard InChI is InChI=1S/C20H22N2O5S/c1-26-13-15-4-6-16(7-5-15)20(25)27-14-18(23)21-8-10-22(11-9-21)19(24)17-3-2-12-28-17/h2-7,12H,8-11,13-14H2,1H3. The quantitative estimate of drug-likeness (QED) is 0.691. The molecule has 148 valence electrons. The molecule has 0 aliphatic carbocycles. The van der Waals surface area contributed by atoms with Crippen LogP contribution in [0.4, 0.5) is 0 Å². The first-order valence-electron chi connectivity index (χ1n) is 8.94. The molecule has 0 saturated carbocycles. The van der Waals surface area contributed by atoms with Crippen LogP contribution in [0.3, 0.4) is 0 Å². The van der Waals surface area contributed by atoms with Crippen molar-refractivity contribution in [3.05, 3.63) is 57.8 Å². The summed E-state index contributed by atoms with van der Waals surface area (Å²) in [5, 5.41) is 1.87. The lowest BCUT2D eigenvalue weighted by Crippen LogP contribution is -2.51. The smallest absolute Gasteiger partial charge is 0.338 e. The van der Waals surface area contributed by atoms with Crippen LogP contribution >= 0.6 is 11.3 Å². The number of nitrogens with zero attached hydrogens (tertiary/aromatic N) is 2. The van der Waals surface area contributed by atoms with Crippen molar-refractivity contribution >= 4 is 29.1 Å². The van der Waals surface area contributed by atoms with Gasteiger partial charge in [-0.3, -0.25) is 9.59 Å². The van der Waals surface area contributed by atoms with E-state index < -0.39 is 5.97 Å². The van der Waals surface area contributed by atoms with Crippen molar-refractivity contribution in [1.29, 1.82) is 0 Å². The number of carbonyl (C=O) groups is 3. The number of benzene rings is 1. The zero-order valence-corrected chi connectivity index (χ0v) is 16.4. The molecule has 7 nitrogen and oxygen atoms in total. The van der Waals surface area contributed by atoms with Crippen molar-refractivity contribution < 1.29 is 23.9 Å². The van der Waals surface area contributed by atoms with Crippen LogP contribution < -0.4 is 0 Å². The van der Waals surface area contributed by atoms with Gasteiger partial charge in [-0.25, -0.2) is 4.79 Å². The summed E-state index contributed by atoms with van der Waals surface area (Å²) in [4.78, 5) is 40.8. The summed E-state index contributed by atoms with van der Waals surface area (Å²) in [6.07, 6.45) is 0. The molecule has 1 saturated heterocycles. The third kappa shape index (κ3) is 4.96. The topological polar surface area (TPSA) is 76.2 Å². The van der Waals surface area contributed by atoms with Crippen LogP contribution in [0.5, 0.6) is 0 Å². The maximum atomic E-state index is 12.3. The first-order valence-corrected chi connectivity index (χ1v) is 9.82. The summed E-state index contributed by atoms with van der Waals surface area (Å²) in [5.74, 6) is -0.804. The Kier molecular flexibility index (Phi) is 6.78. The normalized spacial score (nSPS) is 14.0. The van der Waals surface area contributed by atoms with E-state index in [1.165, 1.54) is 11.3 Å². The lowest BCUT2D eigenvalue weighted by atomic mass is 10.1. The molecule has 3 rings (SSSR count). The fraction of sp³-hybridized carbons (Fsp3) is 0.350. The molecule has 8 heteroatoms. The van der Waals surface area contributed by atoms with Crippen LogP contribution in [0.15, 0.2) is 41.8 Å². The Labute approximate surface area is 167 Å². The summed E-state index contributed by atoms with van der Waals surface area (Å²) in [6.45, 7) is 1.96. The second-order valence-electron chi connectivity index (χ2n) is 6.36. The molecule has 0 spiro atoms. The number of ether oxygens (including phenoxy) is 2. The zero-order valence-electron chi connectivity index (χ0n) is 15.6. The highest BCUT2D eigenvalue weighted by molar-refractivity contribution is 7.12. The Bertz CT molecular complexity index is 812. The molecule has 1 aliphatic rings. The summed E-state index contributed by atoms with van der Waals surface area (Å²) >= 11 is 1.41. The molecule has 0 N–H and O–H groups in total. The van der Waals surface area contributed by atoms with Crippen LogP contribution in [-0.2, 0) is 20.9 Å². The lowest BCUT2D eigenvalue weighted by molar-refractivity contribution is -0.136. The number of rotatable bonds is 6. The molecule has 2 heterocycles. The highest BCUT2D eigenvalue weighted by Crippen LogP contribution is 2.14. The Morgan fingerprint density at radius 2 is 1.68 bits per heavy atom. The number of amides is 2. The monoisotopic (exact) mass is 402 g/mol. The van der Waals surface area contributed by atoms with Crippen LogP contribution in [0.1, 0.15) is 25.6 Å². The van der Waals surface area contributed by atoms with Gasteiger partial charge in [0.1, 0.15) is 0 Å². The molecule has 0 radical (unpaired) electrons. The van der Waals surface area contributed by atoms with E-state index in [2.05, 4.69) is 0 Å². The Balaban J connectivity index is 1.44. The molecule has 1 aromatic heterocycles. The van der Waals surface area contributed by atoms with Gasteiger partial charge < -0.3 is 19.3 Å². The van der Waals surface area contributed by atoms with E-state index in [1.807, 2.05) is 11.4 Å². The number of carbonyl (C=O) groups excluding carboxylic acids is 3. The summed E-state index contributed by atoms with van der Waals surface area (Å²) in [6, 6.07) is 10.5. The highest BCUT2D eigenvalue weighted by Gasteiger charge is 2.25. The van der Waals surface area contributed by atoms with E-state index in [-0.39, 0.29) is 18.4 Å². The van der Waals surface area contributed by atoms with Crippen molar-refractivity contribution in [2.45, 2.75) is 6.61 Å². The second-order valence-corrected chi connectivity index (χ2v) is 7.30. The van der Waals surface area contributed by atoms with E-state index in [0.717, 1.165) is 5.56 Å². The SMILES string of the molecule is COCc1ccc(C(=O)OCC(=O)N2CCN(C(=O)c3cccs3)CC2)cc1. The largest absolute Gasteiger partial charge is 0.452 e. The molecule has 0 bridgehead atoms. The summed E-state index contributed by atoms with van der Waals surface area (Å²) in [7, 11) is 1.60. The van der Waals surface area contributed by atoms with Gasteiger partial charge >= 0.3 is 5.97 Å². The number of thiophene rings is 1. The molecular weight excluding hydrogens is 380 g/mol. The number of hydrogen-bond acceptors (Lipinski definition) is 6. The predicted molar refractivity (Wildman–Crippen MR) is 104 cm³/mol. The highest BCUT2D eigenvalue weighted by atomic mass is 32.1. The molecule has 2 aromatic rings. The van der Waals surface area contributed by atoms with Gasteiger partial charge in [-0.2, -0.15) is 0 Å². The van der Waals surface area contributed by atoms with E-state index in [9.17, 15) is 14.4 Å². The Morgan fingerprint density at radius 3 is 2.29 bits per heavy atom. The first-order chi connectivity index (χ1) is 13.6. The zero-order chi connectivity index (χ0) is 19.9. The number of esters is 1. The minimum Gasteiger partial charge on any atom is -0.452 e. The van der Waals surface area contributed by atoms with Crippen LogP contribution in [0, 0.1) is 0 Å². The fourth-order valence-electron chi connectivity index (χ4n) is 2.92. The minimum absolute atomic E-state index is 0.00885. The molecular formula is C20H22N2O5S. The van der Waals surface area contributed by atoms with Crippen molar-refractivity contribution in [3.8, 4) is 0 Å². The van der Waals surface area contributed by atoms with Crippen LogP contribution in [-0.4, -0.2) is 67.5 Å². The third-order valence-corrected chi connectivity index (χ3v) is 5.34. The van der Waals surface area contributed by atoms with Gasteiger partial charge in [-0.15, -0.1) is 11.3 Å². The Hall–Kier alpha value is -2.71. The molecule has 2 amide bonds. The van der Waals surface area contributed by atoms with Gasteiger partial charge in [-0.1, -0.05) is 18.2 Å². The third-order valence-electron chi connectivity index (χ3n) is 4.48. The van der Waals surface area contributed by atoms with Crippen molar-refractivity contribution in [1.82, 2.24) is 9.80 Å². The molecule has 28 heavy (non-hydrogen) atoms. The average molecular weight is 402 g/mol. The first kappa shape index (κ1) is 20.0. The number of piperazine rings is 1. The minimum atomic E-state index is -0.538. The second kappa shape index (κ2) is 9.48. The maximum absolute atomic E-state index is 12.3. The van der Waals surface area contributed by atoms with E-state index in [1.54, 1.807) is 47.2 Å². The van der Waals surface area contributed by atoms with Gasteiger partial charge in [0.15, 0.2) is 6.61 Å². The average Bonchev–Trinajstić information content (AvgIpc) is 3.27. The molecule has 1 aliphatic heterocycles. The summed E-state index contributed by atoms with van der Waals surface area (Å²) < 4.78 is 10.2. The number of methoxy groups -OCH3 is 1. The molecule has 0 unspecified atom stereocenters. The van der Waals surface area contributed by atoms with E-state index in [0.29, 0.717) is 43.2 Å². The van der Waals surface area contributed by atoms with Crippen molar-refractivity contribution in [3.63, 3.8) is 0 Å². The maximum Gasteiger partial charge on any atom is 0.338 e. The Morgan fingerprint density at radius 1 is 1.00 bits per heavy atom. The van der Waals surface area contributed by atoms with Gasteiger partial charge in [0.2, 0.25) is 0 Å². The number of hydrogen-bond donors (Lipinski definition) is 0. The van der Waals surface area contributed by atoms with E-state index in [4.69, 9.17) is 9.47 Å². The lowest BCUT2D eigenvalue weighted by Gasteiger charge is -2.34. The molecule has 1 aromatic carbocycles. The van der Waals surface area contributed by atoms with E-state index >= 15 is 0 Å². The fourth-order valence-corrected chi connectivity index (χ4v) is 3.61. The van der Waals surface area contributed by atoms with Crippen LogP contribution in [0.2, 0.25) is 0 Å². The van der Waals surface area contributed by atoms with Gasteiger partial charge in [0.25, 0.3) is 11.8 Å². The van der Waals surface area contributed by atoms with Gasteiger partial charge in [0, 0.05) is 33.3 Å². The molecule has 1 fully saturated rings.